The molecule has 2 aromatic heterocycles. The Balaban J connectivity index is 1.64. The molecule has 4 aromatic rings. The Labute approximate surface area is 243 Å². The molecule has 14 heteroatoms. The summed E-state index contributed by atoms with van der Waals surface area (Å²) in [6.45, 7) is 9.30. The molecular formula is C29H27F4N7O3. The van der Waals surface area contributed by atoms with Gasteiger partial charge in [0.1, 0.15) is 11.6 Å². The highest BCUT2D eigenvalue weighted by Gasteiger charge is 2.42. The molecule has 0 spiro atoms. The second kappa shape index (κ2) is 11.9. The van der Waals surface area contributed by atoms with Crippen molar-refractivity contribution in [2.45, 2.75) is 32.4 Å². The number of esters is 1. The third kappa shape index (κ3) is 7.72. The third-order valence-electron chi connectivity index (χ3n) is 5.99. The van der Waals surface area contributed by atoms with Crippen LogP contribution in [-0.4, -0.2) is 37.8 Å². The quantitative estimate of drug-likeness (QED) is 0.0929. The molecule has 4 rings (SSSR count). The van der Waals surface area contributed by atoms with Crippen LogP contribution in [0.4, 0.5) is 46.4 Å². The van der Waals surface area contributed by atoms with Gasteiger partial charge in [-0.05, 0) is 34.7 Å². The van der Waals surface area contributed by atoms with Crippen molar-refractivity contribution in [2.75, 3.05) is 16.0 Å². The molecule has 224 valence electrons. The van der Waals surface area contributed by atoms with Gasteiger partial charge in [-0.1, -0.05) is 51.6 Å². The predicted molar refractivity (Wildman–Crippen MR) is 152 cm³/mol. The first-order chi connectivity index (χ1) is 20.1. The van der Waals surface area contributed by atoms with Gasteiger partial charge in [-0.15, -0.1) is 0 Å². The minimum Gasteiger partial charge on any atom is -0.415 e. The van der Waals surface area contributed by atoms with Crippen LogP contribution in [0.1, 0.15) is 26.3 Å². The van der Waals surface area contributed by atoms with Crippen molar-refractivity contribution in [1.29, 1.82) is 0 Å². The van der Waals surface area contributed by atoms with Crippen molar-refractivity contribution in [3.05, 3.63) is 84.8 Å². The van der Waals surface area contributed by atoms with Crippen LogP contribution >= 0.6 is 0 Å². The molecular weight excluding hydrogens is 570 g/mol. The summed E-state index contributed by atoms with van der Waals surface area (Å²) in [6.07, 6.45) is -0.478. The molecule has 2 heterocycles. The monoisotopic (exact) mass is 597 g/mol. The van der Waals surface area contributed by atoms with E-state index in [-0.39, 0.29) is 28.6 Å². The Hall–Kier alpha value is -5.27. The van der Waals surface area contributed by atoms with Gasteiger partial charge in [-0.25, -0.2) is 14.2 Å². The van der Waals surface area contributed by atoms with Gasteiger partial charge in [0.05, 0.1) is 17.6 Å². The number of aromatic nitrogens is 4. The molecule has 0 aliphatic rings. The molecule has 43 heavy (non-hydrogen) atoms. The van der Waals surface area contributed by atoms with Crippen LogP contribution < -0.4 is 16.0 Å². The summed E-state index contributed by atoms with van der Waals surface area (Å²) in [4.78, 5) is 32.2. The largest absolute Gasteiger partial charge is 0.491 e. The molecule has 0 saturated heterocycles. The zero-order valence-electron chi connectivity index (χ0n) is 23.5. The van der Waals surface area contributed by atoms with Gasteiger partial charge >= 0.3 is 12.1 Å². The summed E-state index contributed by atoms with van der Waals surface area (Å²) in [5, 5.41) is 12.2. The molecule has 0 unspecified atom stereocenters. The number of halogens is 4. The van der Waals surface area contributed by atoms with E-state index in [1.54, 1.807) is 30.3 Å². The number of nitrogens with zero attached hydrogens (tertiary/aromatic N) is 4. The molecule has 1 amide bonds. The Morgan fingerprint density at radius 1 is 0.977 bits per heavy atom. The first-order valence-electron chi connectivity index (χ1n) is 12.7. The number of ether oxygens (including phenoxy) is 1. The van der Waals surface area contributed by atoms with Crippen LogP contribution in [0.15, 0.2) is 73.4 Å². The Morgan fingerprint density at radius 2 is 1.67 bits per heavy atom. The number of carbonyl (C=O) groups excluding carboxylic acids is 2. The van der Waals surface area contributed by atoms with Crippen molar-refractivity contribution >= 4 is 40.7 Å². The van der Waals surface area contributed by atoms with E-state index in [0.717, 1.165) is 17.2 Å². The number of nitrogens with one attached hydrogen (secondary N) is 3. The van der Waals surface area contributed by atoms with Crippen molar-refractivity contribution in [2.24, 2.45) is 7.05 Å². The fourth-order valence-corrected chi connectivity index (χ4v) is 3.76. The van der Waals surface area contributed by atoms with Gasteiger partial charge in [0.15, 0.2) is 5.76 Å². The molecule has 0 atom stereocenters. The fraction of sp³-hybridized carbons (Fsp3) is 0.207. The summed E-state index contributed by atoms with van der Waals surface area (Å²) in [6, 6.07) is 11.1. The van der Waals surface area contributed by atoms with E-state index >= 15 is 0 Å². The summed E-state index contributed by atoms with van der Waals surface area (Å²) < 4.78 is 57.9. The lowest BCUT2D eigenvalue weighted by atomic mass is 9.86. The number of hydrogen-bond acceptors (Lipinski definition) is 8. The second-order valence-electron chi connectivity index (χ2n) is 10.4. The SMILES string of the molecule is C=C(OC(=O)C(F)(F)F)C(=O)Nc1ccc(F)c(Nc2nc(Nc3cnn(C)c3)ncc2-c2ccc(C(C)(C)C)cc2)c1. The Morgan fingerprint density at radius 3 is 2.28 bits per heavy atom. The van der Waals surface area contributed by atoms with Gasteiger partial charge in [0, 0.05) is 30.7 Å². The molecule has 0 bridgehead atoms. The van der Waals surface area contributed by atoms with Crippen LogP contribution in [0, 0.1) is 5.82 Å². The summed E-state index contributed by atoms with van der Waals surface area (Å²) >= 11 is 0. The highest BCUT2D eigenvalue weighted by atomic mass is 19.4. The van der Waals surface area contributed by atoms with Gasteiger partial charge < -0.3 is 20.7 Å². The number of alkyl halides is 3. The zero-order valence-corrected chi connectivity index (χ0v) is 23.5. The van der Waals surface area contributed by atoms with Crippen LogP contribution in [0.2, 0.25) is 0 Å². The number of rotatable bonds is 8. The average molecular weight is 598 g/mol. The molecule has 3 N–H and O–H groups in total. The van der Waals surface area contributed by atoms with Gasteiger partial charge in [0.25, 0.3) is 5.91 Å². The highest BCUT2D eigenvalue weighted by molar-refractivity contribution is 6.03. The Bertz CT molecular complexity index is 1680. The molecule has 0 fully saturated rings. The first kappa shape index (κ1) is 30.7. The lowest BCUT2D eigenvalue weighted by Gasteiger charge is -2.19. The van der Waals surface area contributed by atoms with Crippen LogP contribution in [-0.2, 0) is 26.8 Å². The number of amides is 1. The zero-order chi connectivity index (χ0) is 31.5. The summed E-state index contributed by atoms with van der Waals surface area (Å²) in [7, 11) is 1.74. The topological polar surface area (TPSA) is 123 Å². The van der Waals surface area contributed by atoms with Gasteiger partial charge in [-0.2, -0.15) is 23.3 Å². The number of carbonyl (C=O) groups is 2. The lowest BCUT2D eigenvalue weighted by Crippen LogP contribution is -2.28. The number of aryl methyl sites for hydroxylation is 1. The maximum atomic E-state index is 15.0. The number of anilines is 5. The summed E-state index contributed by atoms with van der Waals surface area (Å²) in [5.74, 6) is -5.27. The molecule has 0 aliphatic heterocycles. The second-order valence-corrected chi connectivity index (χ2v) is 10.4. The normalized spacial score (nSPS) is 11.5. The van der Waals surface area contributed by atoms with Crippen LogP contribution in [0.3, 0.4) is 0 Å². The van der Waals surface area contributed by atoms with E-state index in [9.17, 15) is 27.2 Å². The van der Waals surface area contributed by atoms with Gasteiger partial charge in [-0.3, -0.25) is 9.48 Å². The molecule has 2 aromatic carbocycles. The van der Waals surface area contributed by atoms with Crippen molar-refractivity contribution in [3.63, 3.8) is 0 Å². The van der Waals surface area contributed by atoms with E-state index in [4.69, 9.17) is 0 Å². The molecule has 10 nitrogen and oxygen atoms in total. The van der Waals surface area contributed by atoms with E-state index in [2.05, 4.69) is 63.1 Å². The summed E-state index contributed by atoms with van der Waals surface area (Å²) in [5.41, 5.74) is 2.72. The maximum Gasteiger partial charge on any atom is 0.491 e. The standard InChI is InChI=1S/C29H27F4N7O3/c1-16(43-26(42)29(31,32)33)25(41)36-19-10-11-22(30)23(12-19)38-24-21(17-6-8-18(9-7-17)28(2,3)4)14-34-27(39-24)37-20-13-35-40(5)15-20/h6-15H,1H2,2-5H3,(H,36,41)(H2,34,37,38,39). The highest BCUT2D eigenvalue weighted by Crippen LogP contribution is 2.33. The van der Waals surface area contributed by atoms with E-state index in [1.165, 1.54) is 12.1 Å². The fourth-order valence-electron chi connectivity index (χ4n) is 3.76. The predicted octanol–water partition coefficient (Wildman–Crippen LogP) is 6.36. The number of benzene rings is 2. The van der Waals surface area contributed by atoms with E-state index in [1.807, 2.05) is 24.3 Å². The minimum atomic E-state index is -5.32. The third-order valence-corrected chi connectivity index (χ3v) is 5.99. The maximum absolute atomic E-state index is 15.0. The van der Waals surface area contributed by atoms with E-state index < -0.39 is 29.6 Å². The molecule has 0 aliphatic carbocycles. The lowest BCUT2D eigenvalue weighted by molar-refractivity contribution is -0.195. The smallest absolute Gasteiger partial charge is 0.415 e. The molecule has 0 saturated carbocycles. The van der Waals surface area contributed by atoms with E-state index in [0.29, 0.717) is 11.3 Å². The van der Waals surface area contributed by atoms with Gasteiger partial charge in [0.2, 0.25) is 5.95 Å². The van der Waals surface area contributed by atoms with Crippen LogP contribution in [0.25, 0.3) is 11.1 Å². The average Bonchev–Trinajstić information content (AvgIpc) is 3.34. The first-order valence-corrected chi connectivity index (χ1v) is 12.7. The Kier molecular flexibility index (Phi) is 8.50. The van der Waals surface area contributed by atoms with Crippen molar-refractivity contribution in [3.8, 4) is 11.1 Å². The van der Waals surface area contributed by atoms with Crippen LogP contribution in [0.5, 0.6) is 0 Å². The van der Waals surface area contributed by atoms with Crippen molar-refractivity contribution < 1.29 is 31.9 Å². The minimum absolute atomic E-state index is 0.0306. The molecule has 0 radical (unpaired) electrons. The number of hydrogen-bond donors (Lipinski definition) is 3. The van der Waals surface area contributed by atoms with Crippen molar-refractivity contribution in [1.82, 2.24) is 19.7 Å².